The Balaban J connectivity index is 2.39. The summed E-state index contributed by atoms with van der Waals surface area (Å²) in [5.74, 6) is -0.103. The van der Waals surface area contributed by atoms with Crippen molar-refractivity contribution in [2.24, 2.45) is 10.7 Å². The van der Waals surface area contributed by atoms with Crippen LogP contribution in [0.3, 0.4) is 0 Å². The van der Waals surface area contributed by atoms with Gasteiger partial charge in [-0.3, -0.25) is 4.99 Å². The van der Waals surface area contributed by atoms with E-state index in [2.05, 4.69) is 15.0 Å². The Bertz CT molecular complexity index is 473. The van der Waals surface area contributed by atoms with Gasteiger partial charge < -0.3 is 20.5 Å². The minimum atomic E-state index is -4.70. The first-order valence-corrected chi connectivity index (χ1v) is 6.80. The van der Waals surface area contributed by atoms with E-state index in [1.54, 1.807) is 0 Å². The van der Waals surface area contributed by atoms with Crippen LogP contribution in [0.5, 0.6) is 5.75 Å². The third kappa shape index (κ3) is 8.35. The van der Waals surface area contributed by atoms with Crippen molar-refractivity contribution in [3.63, 3.8) is 0 Å². The van der Waals surface area contributed by atoms with Crippen molar-refractivity contribution < 1.29 is 22.6 Å². The Morgan fingerprint density at radius 2 is 1.91 bits per heavy atom. The lowest BCUT2D eigenvalue weighted by molar-refractivity contribution is -0.274. The fraction of sp³-hybridized carbons (Fsp3) is 0.500. The van der Waals surface area contributed by atoms with Crippen LogP contribution in [0.1, 0.15) is 20.3 Å². The number of benzene rings is 1. The first-order chi connectivity index (χ1) is 10.3. The van der Waals surface area contributed by atoms with Gasteiger partial charge in [-0.1, -0.05) is 0 Å². The molecule has 0 aromatic heterocycles. The number of rotatable bonds is 7. The molecular formula is C14H20F3N3O2. The summed E-state index contributed by atoms with van der Waals surface area (Å²) < 4.78 is 45.2. The molecular weight excluding hydrogens is 299 g/mol. The second-order valence-corrected chi connectivity index (χ2v) is 4.74. The van der Waals surface area contributed by atoms with Crippen LogP contribution in [0.15, 0.2) is 29.3 Å². The van der Waals surface area contributed by atoms with Gasteiger partial charge in [0.1, 0.15) is 5.75 Å². The number of guanidine groups is 1. The van der Waals surface area contributed by atoms with Gasteiger partial charge in [0, 0.05) is 18.8 Å². The number of aliphatic imine (C=N–C) groups is 1. The molecule has 0 saturated heterocycles. The van der Waals surface area contributed by atoms with Crippen LogP contribution in [0.2, 0.25) is 0 Å². The summed E-state index contributed by atoms with van der Waals surface area (Å²) in [4.78, 5) is 4.09. The molecule has 1 aromatic rings. The highest BCUT2D eigenvalue weighted by molar-refractivity contribution is 5.92. The number of alkyl halides is 3. The number of anilines is 1. The van der Waals surface area contributed by atoms with E-state index in [9.17, 15) is 13.2 Å². The van der Waals surface area contributed by atoms with Crippen molar-refractivity contribution in [1.29, 1.82) is 0 Å². The number of nitrogens with zero attached hydrogens (tertiary/aromatic N) is 1. The van der Waals surface area contributed by atoms with E-state index in [0.717, 1.165) is 6.42 Å². The highest BCUT2D eigenvalue weighted by Crippen LogP contribution is 2.23. The average molecular weight is 319 g/mol. The molecule has 22 heavy (non-hydrogen) atoms. The topological polar surface area (TPSA) is 68.9 Å². The SMILES string of the molecule is CC(C)OCCCN=C(N)Nc1ccc(OC(F)(F)F)cc1. The maximum absolute atomic E-state index is 12.0. The van der Waals surface area contributed by atoms with E-state index in [-0.39, 0.29) is 17.8 Å². The van der Waals surface area contributed by atoms with Crippen molar-refractivity contribution in [2.45, 2.75) is 32.7 Å². The molecule has 0 aliphatic heterocycles. The van der Waals surface area contributed by atoms with E-state index in [1.807, 2.05) is 13.8 Å². The van der Waals surface area contributed by atoms with Crippen molar-refractivity contribution >= 4 is 11.6 Å². The molecule has 0 spiro atoms. The molecule has 0 radical (unpaired) electrons. The molecule has 0 atom stereocenters. The van der Waals surface area contributed by atoms with Gasteiger partial charge in [0.25, 0.3) is 0 Å². The van der Waals surface area contributed by atoms with Gasteiger partial charge in [-0.05, 0) is 44.5 Å². The van der Waals surface area contributed by atoms with Crippen LogP contribution in [-0.4, -0.2) is 31.6 Å². The molecule has 5 nitrogen and oxygen atoms in total. The number of hydrogen-bond donors (Lipinski definition) is 2. The summed E-state index contributed by atoms with van der Waals surface area (Å²) in [5, 5.41) is 2.78. The molecule has 1 rings (SSSR count). The molecule has 124 valence electrons. The van der Waals surface area contributed by atoms with Gasteiger partial charge in [0.2, 0.25) is 0 Å². The number of hydrogen-bond acceptors (Lipinski definition) is 3. The second-order valence-electron chi connectivity index (χ2n) is 4.74. The fourth-order valence-corrected chi connectivity index (χ4v) is 1.51. The highest BCUT2D eigenvalue weighted by atomic mass is 19.4. The molecule has 0 aliphatic carbocycles. The Hall–Kier alpha value is -1.96. The Morgan fingerprint density at radius 3 is 2.45 bits per heavy atom. The molecule has 0 bridgehead atoms. The summed E-state index contributed by atoms with van der Waals surface area (Å²) in [6.45, 7) is 5.00. The van der Waals surface area contributed by atoms with Gasteiger partial charge in [-0.25, -0.2) is 0 Å². The smallest absolute Gasteiger partial charge is 0.406 e. The van der Waals surface area contributed by atoms with Crippen LogP contribution < -0.4 is 15.8 Å². The molecule has 0 unspecified atom stereocenters. The van der Waals surface area contributed by atoms with Crippen LogP contribution >= 0.6 is 0 Å². The Kier molecular flexibility index (Phi) is 6.97. The predicted octanol–water partition coefficient (Wildman–Crippen LogP) is 3.13. The minimum absolute atomic E-state index is 0.178. The van der Waals surface area contributed by atoms with E-state index in [1.165, 1.54) is 24.3 Å². The zero-order chi connectivity index (χ0) is 16.6. The fourth-order valence-electron chi connectivity index (χ4n) is 1.51. The van der Waals surface area contributed by atoms with Crippen molar-refractivity contribution in [3.8, 4) is 5.75 Å². The zero-order valence-electron chi connectivity index (χ0n) is 12.5. The summed E-state index contributed by atoms with van der Waals surface area (Å²) in [5.41, 5.74) is 6.20. The molecule has 0 saturated carbocycles. The van der Waals surface area contributed by atoms with E-state index < -0.39 is 6.36 Å². The number of halogens is 3. The molecule has 3 N–H and O–H groups in total. The lowest BCUT2D eigenvalue weighted by Gasteiger charge is -2.10. The monoisotopic (exact) mass is 319 g/mol. The minimum Gasteiger partial charge on any atom is -0.406 e. The lowest BCUT2D eigenvalue weighted by Crippen LogP contribution is -2.23. The van der Waals surface area contributed by atoms with Gasteiger partial charge in [0.15, 0.2) is 5.96 Å². The van der Waals surface area contributed by atoms with Crippen LogP contribution in [0.25, 0.3) is 0 Å². The lowest BCUT2D eigenvalue weighted by atomic mass is 10.3. The van der Waals surface area contributed by atoms with Crippen LogP contribution in [0, 0.1) is 0 Å². The molecule has 0 heterocycles. The number of nitrogens with one attached hydrogen (secondary N) is 1. The van der Waals surface area contributed by atoms with Gasteiger partial charge in [-0.2, -0.15) is 0 Å². The normalized spacial score (nSPS) is 12.5. The van der Waals surface area contributed by atoms with Gasteiger partial charge >= 0.3 is 6.36 Å². The summed E-state index contributed by atoms with van der Waals surface area (Å²) in [6.07, 6.45) is -3.79. The maximum atomic E-state index is 12.0. The first-order valence-electron chi connectivity index (χ1n) is 6.80. The van der Waals surface area contributed by atoms with Crippen molar-refractivity contribution in [2.75, 3.05) is 18.5 Å². The average Bonchev–Trinajstić information content (AvgIpc) is 2.38. The predicted molar refractivity (Wildman–Crippen MR) is 78.9 cm³/mol. The summed E-state index contributed by atoms with van der Waals surface area (Å²) in [7, 11) is 0. The summed E-state index contributed by atoms with van der Waals surface area (Å²) >= 11 is 0. The van der Waals surface area contributed by atoms with E-state index >= 15 is 0 Å². The molecule has 0 aliphatic rings. The molecule has 0 amide bonds. The Labute approximate surface area is 127 Å². The molecule has 0 fully saturated rings. The third-order valence-corrected chi connectivity index (χ3v) is 2.40. The number of nitrogens with two attached hydrogens (primary N) is 1. The standard InChI is InChI=1S/C14H20F3N3O2/c1-10(2)21-9-3-8-19-13(18)20-11-4-6-12(7-5-11)22-14(15,16)17/h4-7,10H,3,8-9H2,1-2H3,(H3,18,19,20). The molecule has 1 aromatic carbocycles. The highest BCUT2D eigenvalue weighted by Gasteiger charge is 2.30. The maximum Gasteiger partial charge on any atom is 0.573 e. The van der Waals surface area contributed by atoms with Crippen LogP contribution in [0.4, 0.5) is 18.9 Å². The van der Waals surface area contributed by atoms with Crippen molar-refractivity contribution in [1.82, 2.24) is 0 Å². The van der Waals surface area contributed by atoms with E-state index in [0.29, 0.717) is 18.8 Å². The van der Waals surface area contributed by atoms with Crippen molar-refractivity contribution in [3.05, 3.63) is 24.3 Å². The van der Waals surface area contributed by atoms with E-state index in [4.69, 9.17) is 10.5 Å². The first kappa shape index (κ1) is 18.1. The summed E-state index contributed by atoms with van der Waals surface area (Å²) in [6, 6.07) is 5.23. The Morgan fingerprint density at radius 1 is 1.27 bits per heavy atom. The third-order valence-electron chi connectivity index (χ3n) is 2.40. The number of ether oxygens (including phenoxy) is 2. The quantitative estimate of drug-likeness (QED) is 0.460. The molecule has 8 heteroatoms. The largest absolute Gasteiger partial charge is 0.573 e. The second kappa shape index (κ2) is 8.47. The van der Waals surface area contributed by atoms with Crippen LogP contribution in [-0.2, 0) is 4.74 Å². The van der Waals surface area contributed by atoms with Gasteiger partial charge in [-0.15, -0.1) is 13.2 Å². The zero-order valence-corrected chi connectivity index (χ0v) is 12.5. The van der Waals surface area contributed by atoms with Gasteiger partial charge in [0.05, 0.1) is 6.10 Å².